The molecule has 1 fully saturated rings. The highest BCUT2D eigenvalue weighted by molar-refractivity contribution is 5.66. The monoisotopic (exact) mass is 238 g/mol. The average molecular weight is 238 g/mol. The Labute approximate surface area is 101 Å². The molecule has 0 bridgehead atoms. The number of nitrogens with two attached hydrogens (primary N) is 1. The number of aliphatic hydroxyl groups excluding tert-OH is 1. The van der Waals surface area contributed by atoms with Gasteiger partial charge in [-0.05, 0) is 31.0 Å². The molecule has 1 aromatic rings. The highest BCUT2D eigenvalue weighted by Gasteiger charge is 2.24. The van der Waals surface area contributed by atoms with Crippen molar-refractivity contribution in [3.8, 4) is 0 Å². The summed E-state index contributed by atoms with van der Waals surface area (Å²) < 4.78 is 13.1. The lowest BCUT2D eigenvalue weighted by atomic mass is 9.85. The molecule has 4 N–H and O–H groups in total. The van der Waals surface area contributed by atoms with Crippen molar-refractivity contribution in [2.75, 3.05) is 17.7 Å². The molecule has 0 radical (unpaired) electrons. The molecular formula is C13H19FN2O. The van der Waals surface area contributed by atoms with E-state index in [0.29, 0.717) is 11.4 Å². The van der Waals surface area contributed by atoms with E-state index in [1.807, 2.05) is 0 Å². The molecule has 2 atom stereocenters. The number of anilines is 2. The minimum absolute atomic E-state index is 0.173. The summed E-state index contributed by atoms with van der Waals surface area (Å²) >= 11 is 0. The van der Waals surface area contributed by atoms with Crippen LogP contribution in [0.1, 0.15) is 25.7 Å². The predicted octanol–water partition coefficient (Wildman–Crippen LogP) is 2.37. The maximum Gasteiger partial charge on any atom is 0.125 e. The van der Waals surface area contributed by atoms with Crippen LogP contribution in [-0.2, 0) is 0 Å². The molecule has 1 saturated carbocycles. The third-order valence-corrected chi connectivity index (χ3v) is 3.50. The summed E-state index contributed by atoms with van der Waals surface area (Å²) in [5.41, 5.74) is 6.99. The quantitative estimate of drug-likeness (QED) is 0.708. The molecule has 0 saturated heterocycles. The van der Waals surface area contributed by atoms with Crippen LogP contribution in [0.2, 0.25) is 0 Å². The van der Waals surface area contributed by atoms with E-state index in [1.165, 1.54) is 12.1 Å². The lowest BCUT2D eigenvalue weighted by Gasteiger charge is -2.32. The summed E-state index contributed by atoms with van der Waals surface area (Å²) in [6.45, 7) is 0.173. The van der Waals surface area contributed by atoms with Crippen molar-refractivity contribution in [3.05, 3.63) is 24.0 Å². The molecule has 1 aromatic carbocycles. The van der Waals surface area contributed by atoms with Crippen molar-refractivity contribution in [2.45, 2.75) is 31.7 Å². The maximum absolute atomic E-state index is 13.1. The van der Waals surface area contributed by atoms with Crippen LogP contribution in [0.25, 0.3) is 0 Å². The molecule has 0 aromatic heterocycles. The first kappa shape index (κ1) is 12.2. The first-order valence-corrected chi connectivity index (χ1v) is 6.13. The minimum Gasteiger partial charge on any atom is -0.397 e. The molecule has 2 rings (SSSR count). The number of aliphatic hydroxyl groups is 1. The fourth-order valence-electron chi connectivity index (χ4n) is 2.47. The molecule has 17 heavy (non-hydrogen) atoms. The number of benzene rings is 1. The van der Waals surface area contributed by atoms with Gasteiger partial charge in [0.1, 0.15) is 5.82 Å². The number of hydrogen-bond acceptors (Lipinski definition) is 3. The average Bonchev–Trinajstić information content (AvgIpc) is 2.34. The number of halogens is 1. The number of nitrogen functional groups attached to an aromatic ring is 1. The van der Waals surface area contributed by atoms with Crippen LogP contribution in [0.4, 0.5) is 15.8 Å². The van der Waals surface area contributed by atoms with Gasteiger partial charge in [0.25, 0.3) is 0 Å². The third-order valence-electron chi connectivity index (χ3n) is 3.50. The van der Waals surface area contributed by atoms with E-state index in [9.17, 15) is 9.50 Å². The summed E-state index contributed by atoms with van der Waals surface area (Å²) in [5.74, 6) is -0.0514. The van der Waals surface area contributed by atoms with Crippen molar-refractivity contribution in [2.24, 2.45) is 5.92 Å². The van der Waals surface area contributed by atoms with E-state index in [1.54, 1.807) is 6.07 Å². The predicted molar refractivity (Wildman–Crippen MR) is 67.3 cm³/mol. The molecule has 4 heteroatoms. The normalized spacial score (nSPS) is 24.6. The minimum atomic E-state index is -0.293. The SMILES string of the molecule is Nc1ccc(F)cc1NC1CCCCC1CO. The lowest BCUT2D eigenvalue weighted by Crippen LogP contribution is -2.34. The number of hydrogen-bond donors (Lipinski definition) is 3. The van der Waals surface area contributed by atoms with Gasteiger partial charge in [-0.1, -0.05) is 12.8 Å². The van der Waals surface area contributed by atoms with Crippen molar-refractivity contribution >= 4 is 11.4 Å². The molecule has 0 heterocycles. The zero-order valence-corrected chi connectivity index (χ0v) is 9.82. The van der Waals surface area contributed by atoms with Crippen LogP contribution in [0.5, 0.6) is 0 Å². The van der Waals surface area contributed by atoms with Crippen LogP contribution >= 0.6 is 0 Å². The van der Waals surface area contributed by atoms with Crippen LogP contribution < -0.4 is 11.1 Å². The standard InChI is InChI=1S/C13H19FN2O/c14-10-5-6-11(15)13(7-10)16-12-4-2-1-3-9(12)8-17/h5-7,9,12,16-17H,1-4,8,15H2. The van der Waals surface area contributed by atoms with E-state index < -0.39 is 0 Å². The van der Waals surface area contributed by atoms with Gasteiger partial charge in [0.15, 0.2) is 0 Å². The van der Waals surface area contributed by atoms with Crippen molar-refractivity contribution in [3.63, 3.8) is 0 Å². The Morgan fingerprint density at radius 3 is 2.88 bits per heavy atom. The van der Waals surface area contributed by atoms with E-state index in [2.05, 4.69) is 5.32 Å². The van der Waals surface area contributed by atoms with Gasteiger partial charge < -0.3 is 16.2 Å². The van der Waals surface area contributed by atoms with Gasteiger partial charge in [-0.15, -0.1) is 0 Å². The first-order chi connectivity index (χ1) is 8.20. The lowest BCUT2D eigenvalue weighted by molar-refractivity contribution is 0.178. The maximum atomic E-state index is 13.1. The molecule has 0 amide bonds. The zero-order valence-electron chi connectivity index (χ0n) is 9.82. The molecule has 1 aliphatic carbocycles. The van der Waals surface area contributed by atoms with Crippen LogP contribution in [-0.4, -0.2) is 17.8 Å². The fourth-order valence-corrected chi connectivity index (χ4v) is 2.47. The highest BCUT2D eigenvalue weighted by atomic mass is 19.1. The van der Waals surface area contributed by atoms with E-state index in [0.717, 1.165) is 25.7 Å². The van der Waals surface area contributed by atoms with Gasteiger partial charge in [-0.25, -0.2) is 4.39 Å². The second-order valence-corrected chi connectivity index (χ2v) is 4.71. The smallest absolute Gasteiger partial charge is 0.125 e. The molecule has 3 nitrogen and oxygen atoms in total. The summed E-state index contributed by atoms with van der Waals surface area (Å²) in [6.07, 6.45) is 4.32. The second-order valence-electron chi connectivity index (χ2n) is 4.71. The van der Waals surface area contributed by atoms with Gasteiger partial charge in [0.05, 0.1) is 11.4 Å². The van der Waals surface area contributed by atoms with Gasteiger partial charge in [-0.2, -0.15) is 0 Å². The Bertz CT molecular complexity index is 384. The highest BCUT2D eigenvalue weighted by Crippen LogP contribution is 2.29. The van der Waals surface area contributed by atoms with Gasteiger partial charge in [0.2, 0.25) is 0 Å². The summed E-state index contributed by atoms with van der Waals surface area (Å²) in [6, 6.07) is 4.52. The Morgan fingerprint density at radius 2 is 2.12 bits per heavy atom. The number of nitrogens with one attached hydrogen (secondary N) is 1. The molecule has 0 aliphatic heterocycles. The summed E-state index contributed by atoms with van der Waals surface area (Å²) in [7, 11) is 0. The Kier molecular flexibility index (Phi) is 3.84. The molecule has 1 aliphatic rings. The molecule has 0 spiro atoms. The van der Waals surface area contributed by atoms with E-state index >= 15 is 0 Å². The van der Waals surface area contributed by atoms with Gasteiger partial charge in [0, 0.05) is 18.6 Å². The topological polar surface area (TPSA) is 58.3 Å². The van der Waals surface area contributed by atoms with Crippen molar-refractivity contribution < 1.29 is 9.50 Å². The Balaban J connectivity index is 2.10. The largest absolute Gasteiger partial charge is 0.397 e. The van der Waals surface area contributed by atoms with Gasteiger partial charge >= 0.3 is 0 Å². The summed E-state index contributed by atoms with van der Waals surface area (Å²) in [4.78, 5) is 0. The van der Waals surface area contributed by atoms with Crippen molar-refractivity contribution in [1.29, 1.82) is 0 Å². The van der Waals surface area contributed by atoms with Crippen LogP contribution in [0.15, 0.2) is 18.2 Å². The zero-order chi connectivity index (χ0) is 12.3. The van der Waals surface area contributed by atoms with Crippen LogP contribution in [0, 0.1) is 11.7 Å². The first-order valence-electron chi connectivity index (χ1n) is 6.13. The Morgan fingerprint density at radius 1 is 1.35 bits per heavy atom. The number of rotatable bonds is 3. The van der Waals surface area contributed by atoms with E-state index in [4.69, 9.17) is 5.73 Å². The van der Waals surface area contributed by atoms with Crippen LogP contribution in [0.3, 0.4) is 0 Å². The molecule has 94 valence electrons. The molecular weight excluding hydrogens is 219 g/mol. The fraction of sp³-hybridized carbons (Fsp3) is 0.538. The summed E-state index contributed by atoms with van der Waals surface area (Å²) in [5, 5.41) is 12.6. The molecule has 2 unspecified atom stereocenters. The van der Waals surface area contributed by atoms with E-state index in [-0.39, 0.29) is 24.4 Å². The second kappa shape index (κ2) is 5.36. The van der Waals surface area contributed by atoms with Gasteiger partial charge in [-0.3, -0.25) is 0 Å². The van der Waals surface area contributed by atoms with Crippen molar-refractivity contribution in [1.82, 2.24) is 0 Å². The Hall–Kier alpha value is -1.29. The third kappa shape index (κ3) is 2.88.